The summed E-state index contributed by atoms with van der Waals surface area (Å²) in [5.74, 6) is 0.241. The molecule has 3 nitrogen and oxygen atoms in total. The molecule has 0 heterocycles. The van der Waals surface area contributed by atoms with Gasteiger partial charge in [-0.15, -0.1) is 0 Å². The van der Waals surface area contributed by atoms with Crippen molar-refractivity contribution in [1.82, 2.24) is 5.32 Å². The van der Waals surface area contributed by atoms with Crippen molar-refractivity contribution in [1.29, 1.82) is 0 Å². The molecule has 3 heteroatoms. The Morgan fingerprint density at radius 3 is 2.67 bits per heavy atom. The van der Waals surface area contributed by atoms with Gasteiger partial charge in [-0.3, -0.25) is 4.79 Å². The highest BCUT2D eigenvalue weighted by Crippen LogP contribution is 2.35. The lowest BCUT2D eigenvalue weighted by molar-refractivity contribution is -0.122. The fourth-order valence-electron chi connectivity index (χ4n) is 2.90. The molecule has 1 saturated carbocycles. The molecule has 0 aliphatic heterocycles. The molecular weight excluding hydrogens is 224 g/mol. The lowest BCUT2D eigenvalue weighted by Crippen LogP contribution is -2.40. The Bertz CT molecular complexity index is 251. The summed E-state index contributed by atoms with van der Waals surface area (Å²) in [5, 5.41) is 3.20. The second kappa shape index (κ2) is 7.78. The molecule has 0 bridgehead atoms. The number of carbonyl (C=O) groups is 1. The van der Waals surface area contributed by atoms with Crippen LogP contribution in [0.3, 0.4) is 0 Å². The van der Waals surface area contributed by atoms with Crippen LogP contribution in [0.25, 0.3) is 0 Å². The van der Waals surface area contributed by atoms with Gasteiger partial charge in [-0.2, -0.15) is 0 Å². The molecule has 0 spiro atoms. The fourth-order valence-corrected chi connectivity index (χ4v) is 2.90. The predicted octanol–water partition coefficient (Wildman–Crippen LogP) is 2.98. The van der Waals surface area contributed by atoms with Gasteiger partial charge in [0.25, 0.3) is 0 Å². The van der Waals surface area contributed by atoms with E-state index in [1.165, 1.54) is 12.8 Å². The second-order valence-electron chi connectivity index (χ2n) is 6.48. The van der Waals surface area contributed by atoms with E-state index in [-0.39, 0.29) is 5.91 Å². The minimum atomic E-state index is 0.241. The highest BCUT2D eigenvalue weighted by Gasteiger charge is 2.28. The summed E-state index contributed by atoms with van der Waals surface area (Å²) >= 11 is 0. The van der Waals surface area contributed by atoms with E-state index in [1.54, 1.807) is 0 Å². The summed E-state index contributed by atoms with van der Waals surface area (Å²) in [6, 6.07) is 0.408. The minimum Gasteiger partial charge on any atom is -0.353 e. The third-order valence-electron chi connectivity index (χ3n) is 3.93. The highest BCUT2D eigenvalue weighted by molar-refractivity contribution is 5.76. The van der Waals surface area contributed by atoms with Gasteiger partial charge >= 0.3 is 0 Å². The first-order valence-corrected chi connectivity index (χ1v) is 7.53. The van der Waals surface area contributed by atoms with Gasteiger partial charge in [-0.25, -0.2) is 0 Å². The van der Waals surface area contributed by atoms with Crippen LogP contribution in [0.4, 0.5) is 0 Å². The van der Waals surface area contributed by atoms with Gasteiger partial charge in [-0.05, 0) is 44.1 Å². The molecule has 1 amide bonds. The van der Waals surface area contributed by atoms with Crippen molar-refractivity contribution < 1.29 is 4.79 Å². The van der Waals surface area contributed by atoms with Gasteiger partial charge in [0.15, 0.2) is 0 Å². The van der Waals surface area contributed by atoms with Crippen molar-refractivity contribution in [2.24, 2.45) is 11.1 Å². The number of hydrogen-bond donors (Lipinski definition) is 2. The molecule has 1 fully saturated rings. The van der Waals surface area contributed by atoms with Crippen LogP contribution >= 0.6 is 0 Å². The molecule has 3 N–H and O–H groups in total. The number of rotatable bonds is 7. The van der Waals surface area contributed by atoms with E-state index in [1.807, 2.05) is 0 Å². The summed E-state index contributed by atoms with van der Waals surface area (Å²) in [4.78, 5) is 11.8. The van der Waals surface area contributed by atoms with Crippen LogP contribution in [0.5, 0.6) is 0 Å². The minimum absolute atomic E-state index is 0.241. The maximum absolute atomic E-state index is 11.8. The lowest BCUT2D eigenvalue weighted by Gasteiger charge is -2.35. The fraction of sp³-hybridized carbons (Fsp3) is 0.933. The Labute approximate surface area is 112 Å². The number of nitrogens with two attached hydrogens (primary N) is 1. The molecule has 0 aromatic carbocycles. The summed E-state index contributed by atoms with van der Waals surface area (Å²) in [5.41, 5.74) is 5.84. The number of amides is 1. The number of carbonyl (C=O) groups excluding carboxylic acids is 1. The quantitative estimate of drug-likeness (QED) is 0.686. The van der Waals surface area contributed by atoms with Crippen molar-refractivity contribution in [2.75, 3.05) is 6.54 Å². The van der Waals surface area contributed by atoms with Crippen molar-refractivity contribution in [3.05, 3.63) is 0 Å². The van der Waals surface area contributed by atoms with Crippen molar-refractivity contribution in [3.8, 4) is 0 Å². The Morgan fingerprint density at radius 2 is 2.00 bits per heavy atom. The predicted molar refractivity (Wildman–Crippen MR) is 76.3 cm³/mol. The van der Waals surface area contributed by atoms with Gasteiger partial charge in [0.05, 0.1) is 0 Å². The van der Waals surface area contributed by atoms with Crippen LogP contribution in [-0.2, 0) is 4.79 Å². The van der Waals surface area contributed by atoms with E-state index in [4.69, 9.17) is 5.73 Å². The molecule has 0 aromatic heterocycles. The van der Waals surface area contributed by atoms with E-state index in [0.717, 1.165) is 45.1 Å². The van der Waals surface area contributed by atoms with Crippen molar-refractivity contribution in [2.45, 2.75) is 77.7 Å². The first kappa shape index (κ1) is 15.5. The maximum Gasteiger partial charge on any atom is 0.220 e. The van der Waals surface area contributed by atoms with Gasteiger partial charge in [0.2, 0.25) is 5.91 Å². The molecule has 1 aliphatic carbocycles. The molecule has 1 rings (SSSR count). The maximum atomic E-state index is 11.8. The zero-order chi connectivity index (χ0) is 13.4. The number of unbranched alkanes of at least 4 members (excludes halogenated alkanes) is 3. The summed E-state index contributed by atoms with van der Waals surface area (Å²) in [7, 11) is 0. The summed E-state index contributed by atoms with van der Waals surface area (Å²) < 4.78 is 0. The molecule has 0 aromatic rings. The standard InChI is InChI=1S/C15H30N2O/c1-15(2)10-7-8-13(12-15)17-14(18)9-5-3-4-6-11-16/h13H,3-12,16H2,1-2H3,(H,17,18). The Hall–Kier alpha value is -0.570. The van der Waals surface area contributed by atoms with Crippen molar-refractivity contribution in [3.63, 3.8) is 0 Å². The van der Waals surface area contributed by atoms with Gasteiger partial charge in [-0.1, -0.05) is 33.1 Å². The molecule has 0 radical (unpaired) electrons. The zero-order valence-electron chi connectivity index (χ0n) is 12.1. The second-order valence-corrected chi connectivity index (χ2v) is 6.48. The first-order chi connectivity index (χ1) is 8.53. The van der Waals surface area contributed by atoms with Gasteiger partial charge in [0, 0.05) is 12.5 Å². The topological polar surface area (TPSA) is 55.1 Å². The van der Waals surface area contributed by atoms with Crippen LogP contribution in [0, 0.1) is 5.41 Å². The molecular formula is C15H30N2O. The van der Waals surface area contributed by atoms with Crippen LogP contribution in [0.2, 0.25) is 0 Å². The molecule has 1 unspecified atom stereocenters. The van der Waals surface area contributed by atoms with Gasteiger partial charge in [0.1, 0.15) is 0 Å². The van der Waals surface area contributed by atoms with Crippen LogP contribution in [-0.4, -0.2) is 18.5 Å². The average molecular weight is 254 g/mol. The van der Waals surface area contributed by atoms with E-state index in [0.29, 0.717) is 17.9 Å². The number of nitrogens with one attached hydrogen (secondary N) is 1. The molecule has 0 saturated heterocycles. The third-order valence-corrected chi connectivity index (χ3v) is 3.93. The first-order valence-electron chi connectivity index (χ1n) is 7.53. The third kappa shape index (κ3) is 6.39. The lowest BCUT2D eigenvalue weighted by atomic mass is 9.75. The largest absolute Gasteiger partial charge is 0.353 e. The highest BCUT2D eigenvalue weighted by atomic mass is 16.1. The van der Waals surface area contributed by atoms with E-state index in [9.17, 15) is 4.79 Å². The smallest absolute Gasteiger partial charge is 0.220 e. The Morgan fingerprint density at radius 1 is 1.28 bits per heavy atom. The number of hydrogen-bond acceptors (Lipinski definition) is 2. The summed E-state index contributed by atoms with van der Waals surface area (Å²) in [6.45, 7) is 5.37. The Balaban J connectivity index is 2.12. The zero-order valence-corrected chi connectivity index (χ0v) is 12.1. The summed E-state index contributed by atoms with van der Waals surface area (Å²) in [6.07, 6.45) is 9.87. The molecule has 1 atom stereocenters. The van der Waals surface area contributed by atoms with Crippen molar-refractivity contribution >= 4 is 5.91 Å². The monoisotopic (exact) mass is 254 g/mol. The van der Waals surface area contributed by atoms with E-state index < -0.39 is 0 Å². The normalized spacial score (nSPS) is 22.7. The van der Waals surface area contributed by atoms with Crippen LogP contribution in [0.15, 0.2) is 0 Å². The van der Waals surface area contributed by atoms with E-state index >= 15 is 0 Å². The Kier molecular flexibility index (Phi) is 6.69. The van der Waals surface area contributed by atoms with E-state index in [2.05, 4.69) is 19.2 Å². The average Bonchev–Trinajstić information content (AvgIpc) is 2.27. The SMILES string of the molecule is CC1(C)CCCC(NC(=O)CCCCCCN)C1. The molecule has 106 valence electrons. The van der Waals surface area contributed by atoms with Crippen LogP contribution in [0.1, 0.15) is 71.6 Å². The van der Waals surface area contributed by atoms with Gasteiger partial charge < -0.3 is 11.1 Å². The molecule has 18 heavy (non-hydrogen) atoms. The molecule has 1 aliphatic rings. The van der Waals surface area contributed by atoms with Crippen LogP contribution < -0.4 is 11.1 Å².